The molecule has 1 aliphatic rings. The van der Waals surface area contributed by atoms with Gasteiger partial charge in [0.25, 0.3) is 0 Å². The highest BCUT2D eigenvalue weighted by Crippen LogP contribution is 2.29. The molecule has 2 heterocycles. The fourth-order valence-electron chi connectivity index (χ4n) is 3.13. The average molecular weight is 353 g/mol. The van der Waals surface area contributed by atoms with Crippen molar-refractivity contribution >= 4 is 0 Å². The molecule has 3 rings (SSSR count). The van der Waals surface area contributed by atoms with Crippen molar-refractivity contribution in [2.45, 2.75) is 51.2 Å². The summed E-state index contributed by atoms with van der Waals surface area (Å²) in [7, 11) is 0. The highest BCUT2D eigenvalue weighted by molar-refractivity contribution is 5.27. The van der Waals surface area contributed by atoms with E-state index < -0.39 is 11.7 Å². The second kappa shape index (κ2) is 7.99. The second-order valence-corrected chi connectivity index (χ2v) is 6.52. The summed E-state index contributed by atoms with van der Waals surface area (Å²) < 4.78 is 43.6. The fraction of sp³-hybridized carbons (Fsp3) is 0.556. The Bertz CT molecular complexity index is 676. The predicted octanol–water partition coefficient (Wildman–Crippen LogP) is 4.45. The Morgan fingerprint density at radius 1 is 1.04 bits per heavy atom. The first-order valence-corrected chi connectivity index (χ1v) is 8.71. The van der Waals surface area contributed by atoms with Crippen LogP contribution >= 0.6 is 0 Å². The molecule has 25 heavy (non-hydrogen) atoms. The lowest BCUT2D eigenvalue weighted by Crippen LogP contribution is -2.27. The van der Waals surface area contributed by atoms with E-state index in [1.165, 1.54) is 38.2 Å². The number of hydrogen-bond donors (Lipinski definition) is 0. The van der Waals surface area contributed by atoms with E-state index in [9.17, 15) is 13.2 Å². The zero-order chi connectivity index (χ0) is 17.7. The Hall–Kier alpha value is -1.89. The quantitative estimate of drug-likeness (QED) is 0.815. The number of rotatable bonds is 4. The lowest BCUT2D eigenvalue weighted by atomic mass is 10.1. The van der Waals surface area contributed by atoms with Gasteiger partial charge in [0.15, 0.2) is 5.82 Å². The normalized spacial score (nSPS) is 17.2. The van der Waals surface area contributed by atoms with Crippen molar-refractivity contribution < 1.29 is 17.7 Å². The van der Waals surface area contributed by atoms with Gasteiger partial charge in [-0.2, -0.15) is 18.2 Å². The molecule has 2 aromatic rings. The van der Waals surface area contributed by atoms with Gasteiger partial charge in [-0.1, -0.05) is 42.6 Å². The summed E-state index contributed by atoms with van der Waals surface area (Å²) in [6, 6.07) is 5.24. The Balaban J connectivity index is 1.61. The fourth-order valence-corrected chi connectivity index (χ4v) is 3.13. The zero-order valence-corrected chi connectivity index (χ0v) is 14.1. The molecule has 0 saturated carbocycles. The summed E-state index contributed by atoms with van der Waals surface area (Å²) >= 11 is 0. The minimum atomic E-state index is -4.34. The van der Waals surface area contributed by atoms with Gasteiger partial charge in [-0.15, -0.1) is 0 Å². The number of nitrogens with zero attached hydrogens (tertiary/aromatic N) is 3. The van der Waals surface area contributed by atoms with E-state index in [1.54, 1.807) is 6.07 Å². The number of aromatic nitrogens is 2. The molecular weight excluding hydrogens is 331 g/mol. The topological polar surface area (TPSA) is 42.2 Å². The average Bonchev–Trinajstić information content (AvgIpc) is 2.96. The predicted molar refractivity (Wildman–Crippen MR) is 86.9 cm³/mol. The third-order valence-electron chi connectivity index (χ3n) is 4.43. The summed E-state index contributed by atoms with van der Waals surface area (Å²) in [5.41, 5.74) is -0.136. The first-order chi connectivity index (χ1) is 12.0. The molecule has 7 heteroatoms. The molecule has 1 aromatic carbocycles. The minimum Gasteiger partial charge on any atom is -0.338 e. The SMILES string of the molecule is FC(F)(F)c1cccc(Cc2noc(CN3CCCCCCC3)n2)c1. The lowest BCUT2D eigenvalue weighted by molar-refractivity contribution is -0.137. The van der Waals surface area contributed by atoms with Gasteiger partial charge in [0, 0.05) is 6.42 Å². The van der Waals surface area contributed by atoms with Crippen LogP contribution in [0, 0.1) is 0 Å². The first kappa shape index (κ1) is 17.9. The maximum atomic E-state index is 12.8. The first-order valence-electron chi connectivity index (χ1n) is 8.71. The molecule has 1 aliphatic heterocycles. The van der Waals surface area contributed by atoms with Crippen LogP contribution in [-0.2, 0) is 19.1 Å². The minimum absolute atomic E-state index is 0.230. The van der Waals surface area contributed by atoms with E-state index in [0.717, 1.165) is 25.2 Å². The number of likely N-dealkylation sites (tertiary alicyclic amines) is 1. The van der Waals surface area contributed by atoms with Gasteiger partial charge < -0.3 is 4.52 Å². The molecule has 0 amide bonds. The van der Waals surface area contributed by atoms with Crippen molar-refractivity contribution in [1.29, 1.82) is 0 Å². The van der Waals surface area contributed by atoms with Crippen LogP contribution in [-0.4, -0.2) is 28.1 Å². The molecule has 0 N–H and O–H groups in total. The molecule has 1 aromatic heterocycles. The Morgan fingerprint density at radius 3 is 2.48 bits per heavy atom. The molecule has 136 valence electrons. The van der Waals surface area contributed by atoms with Gasteiger partial charge in [-0.3, -0.25) is 4.90 Å². The Labute approximate surface area is 145 Å². The third kappa shape index (κ3) is 5.29. The lowest BCUT2D eigenvalue weighted by Gasteiger charge is -2.22. The molecule has 1 saturated heterocycles. The number of hydrogen-bond acceptors (Lipinski definition) is 4. The van der Waals surface area contributed by atoms with E-state index in [-0.39, 0.29) is 6.42 Å². The Kier molecular flexibility index (Phi) is 5.73. The Morgan fingerprint density at radius 2 is 1.76 bits per heavy atom. The summed E-state index contributed by atoms with van der Waals surface area (Å²) in [5.74, 6) is 0.948. The number of alkyl halides is 3. The van der Waals surface area contributed by atoms with Crippen LogP contribution in [0.25, 0.3) is 0 Å². The van der Waals surface area contributed by atoms with Crippen LogP contribution in [0.15, 0.2) is 28.8 Å². The van der Waals surface area contributed by atoms with Gasteiger partial charge in [0.1, 0.15) is 0 Å². The van der Waals surface area contributed by atoms with E-state index in [0.29, 0.717) is 23.8 Å². The summed E-state index contributed by atoms with van der Waals surface area (Å²) in [6.45, 7) is 2.65. The summed E-state index contributed by atoms with van der Waals surface area (Å²) in [6.07, 6.45) is 2.03. The van der Waals surface area contributed by atoms with E-state index in [2.05, 4.69) is 15.0 Å². The molecule has 0 aliphatic carbocycles. The van der Waals surface area contributed by atoms with Crippen LogP contribution < -0.4 is 0 Å². The highest BCUT2D eigenvalue weighted by atomic mass is 19.4. The standard InChI is InChI=1S/C18H22F3N3O/c19-18(20,21)15-8-6-7-14(11-15)12-16-22-17(25-23-16)13-24-9-4-2-1-3-5-10-24/h6-8,11H,1-5,9-10,12-13H2. The monoisotopic (exact) mass is 353 g/mol. The second-order valence-electron chi connectivity index (χ2n) is 6.52. The van der Waals surface area contributed by atoms with Crippen LogP contribution in [0.3, 0.4) is 0 Å². The van der Waals surface area contributed by atoms with Crippen molar-refractivity contribution in [2.75, 3.05) is 13.1 Å². The highest BCUT2D eigenvalue weighted by Gasteiger charge is 2.30. The van der Waals surface area contributed by atoms with Crippen molar-refractivity contribution in [3.8, 4) is 0 Å². The van der Waals surface area contributed by atoms with Crippen molar-refractivity contribution in [2.24, 2.45) is 0 Å². The van der Waals surface area contributed by atoms with Crippen molar-refractivity contribution in [1.82, 2.24) is 15.0 Å². The van der Waals surface area contributed by atoms with Crippen LogP contribution in [0.5, 0.6) is 0 Å². The summed E-state index contributed by atoms with van der Waals surface area (Å²) in [4.78, 5) is 6.65. The molecule has 0 radical (unpaired) electrons. The molecule has 4 nitrogen and oxygen atoms in total. The number of halogens is 3. The van der Waals surface area contributed by atoms with Crippen LogP contribution in [0.2, 0.25) is 0 Å². The molecule has 0 atom stereocenters. The molecule has 1 fully saturated rings. The smallest absolute Gasteiger partial charge is 0.338 e. The molecular formula is C18H22F3N3O. The van der Waals surface area contributed by atoms with Gasteiger partial charge in [-0.25, -0.2) is 0 Å². The van der Waals surface area contributed by atoms with Gasteiger partial charge in [-0.05, 0) is 37.6 Å². The van der Waals surface area contributed by atoms with Crippen molar-refractivity contribution in [3.05, 3.63) is 47.1 Å². The van der Waals surface area contributed by atoms with Gasteiger partial charge >= 0.3 is 6.18 Å². The van der Waals surface area contributed by atoms with Crippen LogP contribution in [0.4, 0.5) is 13.2 Å². The van der Waals surface area contributed by atoms with E-state index in [4.69, 9.17) is 4.52 Å². The molecule has 0 bridgehead atoms. The maximum absolute atomic E-state index is 12.8. The third-order valence-corrected chi connectivity index (χ3v) is 4.43. The van der Waals surface area contributed by atoms with Crippen LogP contribution in [0.1, 0.15) is 54.9 Å². The van der Waals surface area contributed by atoms with Crippen molar-refractivity contribution in [3.63, 3.8) is 0 Å². The number of benzene rings is 1. The van der Waals surface area contributed by atoms with E-state index in [1.807, 2.05) is 0 Å². The summed E-state index contributed by atoms with van der Waals surface area (Å²) in [5, 5.41) is 3.92. The van der Waals surface area contributed by atoms with Gasteiger partial charge in [0.2, 0.25) is 5.89 Å². The zero-order valence-electron chi connectivity index (χ0n) is 14.1. The maximum Gasteiger partial charge on any atom is 0.416 e. The molecule has 0 unspecified atom stereocenters. The van der Waals surface area contributed by atoms with Gasteiger partial charge in [0.05, 0.1) is 12.1 Å². The molecule has 0 spiro atoms. The largest absolute Gasteiger partial charge is 0.416 e. The van der Waals surface area contributed by atoms with E-state index >= 15 is 0 Å².